The Kier molecular flexibility index (Phi) is 2.56. The number of rotatable bonds is 1. The molecule has 0 aromatic carbocycles. The Morgan fingerprint density at radius 3 is 1.83 bits per heavy atom. The van der Waals surface area contributed by atoms with Crippen molar-refractivity contribution < 1.29 is 4.39 Å². The van der Waals surface area contributed by atoms with E-state index in [0.717, 1.165) is 0 Å². The van der Waals surface area contributed by atoms with Crippen molar-refractivity contribution in [3.8, 4) is 0 Å². The van der Waals surface area contributed by atoms with Gasteiger partial charge in [0, 0.05) is 0 Å². The summed E-state index contributed by atoms with van der Waals surface area (Å²) in [6.45, 7) is -0.834. The molecule has 0 atom stereocenters. The molecule has 0 radical (unpaired) electrons. The minimum absolute atomic E-state index is 0.834. The third-order valence-corrected chi connectivity index (χ3v) is 0.482. The van der Waals surface area contributed by atoms with Crippen molar-refractivity contribution in [2.75, 3.05) is 6.67 Å². The van der Waals surface area contributed by atoms with Gasteiger partial charge in [0.15, 0.2) is 3.67 Å². The Morgan fingerprint density at radius 1 is 1.67 bits per heavy atom. The van der Waals surface area contributed by atoms with Gasteiger partial charge in [-0.2, -0.15) is 0 Å². The highest BCUT2D eigenvalue weighted by Gasteiger charge is 2.15. The predicted molar refractivity (Wildman–Crippen MR) is 29.4 cm³/mol. The number of thiol groups is 1. The number of hydrogen-bond acceptors (Lipinski definition) is 1. The molecule has 0 N–H and O–H groups in total. The van der Waals surface area contributed by atoms with Gasteiger partial charge in [0.25, 0.3) is 0 Å². The van der Waals surface area contributed by atoms with Crippen LogP contribution in [0.25, 0.3) is 0 Å². The maximum absolute atomic E-state index is 11.2. The Labute approximate surface area is 51.0 Å². The summed E-state index contributed by atoms with van der Waals surface area (Å²) in [6.07, 6.45) is 0. The third kappa shape index (κ3) is 4.86. The normalized spacial score (nSPS) is 12.0. The first-order chi connectivity index (χ1) is 2.56. The molecule has 6 heavy (non-hydrogen) atoms. The molecule has 0 fully saturated rings. The molecule has 0 unspecified atom stereocenters. The van der Waals surface area contributed by atoms with Crippen molar-refractivity contribution in [2.45, 2.75) is 3.67 Å². The lowest BCUT2D eigenvalue weighted by atomic mass is 10.9. The van der Waals surface area contributed by atoms with Gasteiger partial charge in [0.2, 0.25) is 0 Å². The van der Waals surface area contributed by atoms with Gasteiger partial charge in [-0.1, -0.05) is 23.2 Å². The molecule has 0 aliphatic heterocycles. The standard InChI is InChI=1S/C2H3Cl2FS/c3-2(4,6)1-5/h6H,1H2. The van der Waals surface area contributed by atoms with E-state index in [1.54, 1.807) is 0 Å². The highest BCUT2D eigenvalue weighted by molar-refractivity contribution is 7.85. The van der Waals surface area contributed by atoms with E-state index in [4.69, 9.17) is 23.2 Å². The summed E-state index contributed by atoms with van der Waals surface area (Å²) < 4.78 is 9.67. The summed E-state index contributed by atoms with van der Waals surface area (Å²) in [6, 6.07) is 0. The zero-order valence-corrected chi connectivity index (χ0v) is 5.19. The largest absolute Gasteiger partial charge is 0.247 e. The molecule has 0 saturated heterocycles. The minimum Gasteiger partial charge on any atom is -0.247 e. The van der Waals surface area contributed by atoms with Gasteiger partial charge >= 0.3 is 0 Å². The molecule has 0 aliphatic rings. The molecule has 0 nitrogen and oxygen atoms in total. The fraction of sp³-hybridized carbons (Fsp3) is 1.00. The summed E-state index contributed by atoms with van der Waals surface area (Å²) in [5, 5.41) is 0. The first-order valence-corrected chi connectivity index (χ1v) is 2.43. The van der Waals surface area contributed by atoms with E-state index in [2.05, 4.69) is 12.6 Å². The Bertz CT molecular complexity index is 41.3. The Hall–Kier alpha value is 0.860. The van der Waals surface area contributed by atoms with Gasteiger partial charge < -0.3 is 0 Å². The molecule has 0 amide bonds. The maximum Gasteiger partial charge on any atom is 0.188 e. The molecule has 38 valence electrons. The third-order valence-electron chi connectivity index (χ3n) is 0.161. The minimum atomic E-state index is -1.49. The highest BCUT2D eigenvalue weighted by atomic mass is 35.5. The van der Waals surface area contributed by atoms with Gasteiger partial charge in [0.1, 0.15) is 6.67 Å². The van der Waals surface area contributed by atoms with Crippen LogP contribution < -0.4 is 0 Å². The zero-order chi connectivity index (χ0) is 5.21. The second kappa shape index (κ2) is 2.24. The Morgan fingerprint density at radius 2 is 1.83 bits per heavy atom. The van der Waals surface area contributed by atoms with Crippen molar-refractivity contribution in [1.29, 1.82) is 0 Å². The van der Waals surface area contributed by atoms with Gasteiger partial charge in [-0.3, -0.25) is 0 Å². The van der Waals surface area contributed by atoms with Gasteiger partial charge in [-0.05, 0) is 0 Å². The van der Waals surface area contributed by atoms with E-state index in [-0.39, 0.29) is 0 Å². The predicted octanol–water partition coefficient (Wildman–Crippen LogP) is 2.02. The molecule has 0 aromatic rings. The highest BCUT2D eigenvalue weighted by Crippen LogP contribution is 2.24. The van der Waals surface area contributed by atoms with Gasteiger partial charge in [-0.15, -0.1) is 12.6 Å². The average molecular weight is 149 g/mol. The van der Waals surface area contributed by atoms with Crippen LogP contribution in [0.4, 0.5) is 4.39 Å². The van der Waals surface area contributed by atoms with Crippen LogP contribution in [0.3, 0.4) is 0 Å². The number of halogens is 3. The zero-order valence-electron chi connectivity index (χ0n) is 2.79. The summed E-state index contributed by atoms with van der Waals surface area (Å²) in [5.74, 6) is 0. The Balaban J connectivity index is 3.17. The van der Waals surface area contributed by atoms with Crippen LogP contribution in [0, 0.1) is 0 Å². The van der Waals surface area contributed by atoms with Crippen LogP contribution in [-0.4, -0.2) is 10.3 Å². The lowest BCUT2D eigenvalue weighted by Crippen LogP contribution is -2.02. The quantitative estimate of drug-likeness (QED) is 0.427. The molecule has 0 rings (SSSR count). The molecule has 0 aromatic heterocycles. The van der Waals surface area contributed by atoms with Crippen LogP contribution in [0.5, 0.6) is 0 Å². The number of hydrogen-bond donors (Lipinski definition) is 1. The van der Waals surface area contributed by atoms with Crippen LogP contribution in [0.2, 0.25) is 0 Å². The van der Waals surface area contributed by atoms with Crippen molar-refractivity contribution in [1.82, 2.24) is 0 Å². The van der Waals surface area contributed by atoms with Crippen LogP contribution in [-0.2, 0) is 0 Å². The topological polar surface area (TPSA) is 0 Å². The second-order valence-corrected chi connectivity index (χ2v) is 3.57. The summed E-state index contributed by atoms with van der Waals surface area (Å²) in [4.78, 5) is 0. The van der Waals surface area contributed by atoms with Gasteiger partial charge in [0.05, 0.1) is 0 Å². The summed E-state index contributed by atoms with van der Waals surface area (Å²) in [7, 11) is 0. The van der Waals surface area contributed by atoms with E-state index >= 15 is 0 Å². The number of alkyl halides is 3. The molecular formula is C2H3Cl2FS. The van der Waals surface area contributed by atoms with Crippen LogP contribution in [0.1, 0.15) is 0 Å². The van der Waals surface area contributed by atoms with Crippen molar-refractivity contribution in [2.24, 2.45) is 0 Å². The first-order valence-electron chi connectivity index (χ1n) is 1.22. The molecule has 0 saturated carbocycles. The van der Waals surface area contributed by atoms with Gasteiger partial charge in [-0.25, -0.2) is 4.39 Å². The van der Waals surface area contributed by atoms with Crippen LogP contribution in [0.15, 0.2) is 0 Å². The molecule has 4 heteroatoms. The fourth-order valence-corrected chi connectivity index (χ4v) is 0. The molecule has 0 aliphatic carbocycles. The molecule has 0 bridgehead atoms. The lowest BCUT2D eigenvalue weighted by molar-refractivity contribution is 0.507. The molecule has 0 heterocycles. The second-order valence-electron chi connectivity index (χ2n) is 0.799. The van der Waals surface area contributed by atoms with Crippen LogP contribution >= 0.6 is 35.8 Å². The van der Waals surface area contributed by atoms with E-state index in [0.29, 0.717) is 0 Å². The van der Waals surface area contributed by atoms with E-state index in [1.165, 1.54) is 0 Å². The van der Waals surface area contributed by atoms with E-state index < -0.39 is 10.3 Å². The maximum atomic E-state index is 11.2. The summed E-state index contributed by atoms with van der Waals surface area (Å²) in [5.41, 5.74) is 0. The van der Waals surface area contributed by atoms with E-state index in [9.17, 15) is 4.39 Å². The smallest absolute Gasteiger partial charge is 0.188 e. The average Bonchev–Trinajstić information content (AvgIpc) is 1.35. The monoisotopic (exact) mass is 148 g/mol. The van der Waals surface area contributed by atoms with Crippen molar-refractivity contribution in [3.05, 3.63) is 0 Å². The SMILES string of the molecule is FCC(S)(Cl)Cl. The first kappa shape index (κ1) is 6.86. The van der Waals surface area contributed by atoms with E-state index in [1.807, 2.05) is 0 Å². The van der Waals surface area contributed by atoms with Crippen molar-refractivity contribution in [3.63, 3.8) is 0 Å². The molecule has 0 spiro atoms. The van der Waals surface area contributed by atoms with Crippen molar-refractivity contribution >= 4 is 35.8 Å². The lowest BCUT2D eigenvalue weighted by Gasteiger charge is -2.01. The molecular weight excluding hydrogens is 146 g/mol. The fourth-order valence-electron chi connectivity index (χ4n) is 0. The summed E-state index contributed by atoms with van der Waals surface area (Å²) >= 11 is 13.4.